The lowest BCUT2D eigenvalue weighted by molar-refractivity contribution is -0.135. The summed E-state index contributed by atoms with van der Waals surface area (Å²) in [6.45, 7) is 10.4. The monoisotopic (exact) mass is 680 g/mol. The highest BCUT2D eigenvalue weighted by Gasteiger charge is 2.37. The molecule has 4 aromatic rings. The number of carbonyl (C=O) groups excluding carboxylic acids is 2. The number of carbonyl (C=O) groups is 3. The van der Waals surface area contributed by atoms with Crippen LogP contribution in [0.4, 0.5) is 4.79 Å². The molecule has 12 heteroatoms. The largest absolute Gasteiger partial charge is 0.465 e. The quantitative estimate of drug-likeness (QED) is 0.123. The van der Waals surface area contributed by atoms with Gasteiger partial charge in [-0.3, -0.25) is 9.59 Å². The maximum absolute atomic E-state index is 13.3. The van der Waals surface area contributed by atoms with Gasteiger partial charge in [0, 0.05) is 13.1 Å². The zero-order chi connectivity index (χ0) is 35.4. The summed E-state index contributed by atoms with van der Waals surface area (Å²) in [5, 5.41) is 14.9. The smallest absolute Gasteiger partial charge is 0.405 e. The molecule has 6 rings (SSSR count). The zero-order valence-corrected chi connectivity index (χ0v) is 29.3. The Kier molecular flexibility index (Phi) is 10.7. The number of H-pyrrole nitrogens is 2. The average molecular weight is 681 g/mol. The number of nitrogens with one attached hydrogen (secondary N) is 4. The van der Waals surface area contributed by atoms with Crippen molar-refractivity contribution in [1.29, 1.82) is 0 Å². The van der Waals surface area contributed by atoms with Crippen molar-refractivity contribution in [2.45, 2.75) is 71.5 Å². The summed E-state index contributed by atoms with van der Waals surface area (Å²) in [5.74, 6) is 1.76. The van der Waals surface area contributed by atoms with Crippen LogP contribution in [-0.4, -0.2) is 85.0 Å². The van der Waals surface area contributed by atoms with Crippen LogP contribution in [0.3, 0.4) is 0 Å². The van der Waals surface area contributed by atoms with Crippen LogP contribution < -0.4 is 10.6 Å². The normalized spacial score (nSPS) is 18.3. The van der Waals surface area contributed by atoms with E-state index in [4.69, 9.17) is 0 Å². The molecular formula is C38H48N8O4. The highest BCUT2D eigenvalue weighted by molar-refractivity contribution is 5.86. The first-order chi connectivity index (χ1) is 24.1. The highest BCUT2D eigenvalue weighted by Crippen LogP contribution is 2.34. The summed E-state index contributed by atoms with van der Waals surface area (Å²) in [7, 11) is 0. The van der Waals surface area contributed by atoms with E-state index >= 15 is 0 Å². The van der Waals surface area contributed by atoms with E-state index in [0.717, 1.165) is 78.2 Å². The van der Waals surface area contributed by atoms with Crippen molar-refractivity contribution in [3.05, 3.63) is 72.6 Å². The van der Waals surface area contributed by atoms with Gasteiger partial charge in [-0.25, -0.2) is 14.8 Å². The third kappa shape index (κ3) is 7.75. The number of hydrogen-bond acceptors (Lipinski definition) is 6. The van der Waals surface area contributed by atoms with Crippen molar-refractivity contribution in [2.75, 3.05) is 26.2 Å². The zero-order valence-electron chi connectivity index (χ0n) is 29.3. The molecule has 0 unspecified atom stereocenters. The summed E-state index contributed by atoms with van der Waals surface area (Å²) >= 11 is 0. The van der Waals surface area contributed by atoms with Crippen molar-refractivity contribution in [1.82, 2.24) is 40.4 Å². The van der Waals surface area contributed by atoms with E-state index < -0.39 is 12.1 Å². The van der Waals surface area contributed by atoms with Crippen LogP contribution >= 0.6 is 0 Å². The number of likely N-dealkylation sites (tertiary alicyclic amines) is 2. The van der Waals surface area contributed by atoms with Crippen LogP contribution in [0, 0.1) is 11.8 Å². The predicted octanol–water partition coefficient (Wildman–Crippen LogP) is 6.00. The molecule has 2 aliphatic heterocycles. The van der Waals surface area contributed by atoms with Crippen molar-refractivity contribution in [2.24, 2.45) is 11.8 Å². The third-order valence-corrected chi connectivity index (χ3v) is 9.70. The second-order valence-corrected chi connectivity index (χ2v) is 14.1. The van der Waals surface area contributed by atoms with E-state index in [0.29, 0.717) is 24.8 Å². The second kappa shape index (κ2) is 15.3. The van der Waals surface area contributed by atoms with Crippen LogP contribution in [0.2, 0.25) is 0 Å². The Hall–Kier alpha value is -4.97. The van der Waals surface area contributed by atoms with Gasteiger partial charge in [0.2, 0.25) is 11.8 Å². The Morgan fingerprint density at radius 1 is 0.780 bits per heavy atom. The topological polar surface area (TPSA) is 159 Å². The molecule has 0 spiro atoms. The minimum Gasteiger partial charge on any atom is -0.465 e. The Labute approximate surface area is 293 Å². The Bertz CT molecular complexity index is 1780. The van der Waals surface area contributed by atoms with Crippen molar-refractivity contribution < 1.29 is 19.5 Å². The number of benzene rings is 2. The van der Waals surface area contributed by atoms with Crippen molar-refractivity contribution in [3.63, 3.8) is 0 Å². The molecule has 2 aromatic carbocycles. The molecule has 4 heterocycles. The first-order valence-electron chi connectivity index (χ1n) is 17.7. The number of carboxylic acid groups (broad SMARTS) is 1. The van der Waals surface area contributed by atoms with Gasteiger partial charge in [0.1, 0.15) is 17.7 Å². The molecular weight excluding hydrogens is 632 g/mol. The van der Waals surface area contributed by atoms with Gasteiger partial charge in [0.05, 0.1) is 42.4 Å². The number of imidazole rings is 2. The van der Waals surface area contributed by atoms with Gasteiger partial charge in [-0.05, 0) is 66.3 Å². The molecule has 5 N–H and O–H groups in total. The molecule has 0 bridgehead atoms. The van der Waals surface area contributed by atoms with E-state index in [9.17, 15) is 19.5 Å². The molecule has 2 aliphatic rings. The van der Waals surface area contributed by atoms with Crippen LogP contribution in [-0.2, 0) is 9.59 Å². The predicted molar refractivity (Wildman–Crippen MR) is 192 cm³/mol. The van der Waals surface area contributed by atoms with Gasteiger partial charge in [0.25, 0.3) is 0 Å². The van der Waals surface area contributed by atoms with Crippen molar-refractivity contribution >= 4 is 17.9 Å². The number of aromatic amines is 2. The Morgan fingerprint density at radius 3 is 1.74 bits per heavy atom. The van der Waals surface area contributed by atoms with Gasteiger partial charge in [-0.15, -0.1) is 0 Å². The van der Waals surface area contributed by atoms with Gasteiger partial charge in [0.15, 0.2) is 0 Å². The van der Waals surface area contributed by atoms with Gasteiger partial charge < -0.3 is 35.5 Å². The molecule has 50 heavy (non-hydrogen) atoms. The molecule has 0 saturated carbocycles. The second-order valence-electron chi connectivity index (χ2n) is 14.1. The van der Waals surface area contributed by atoms with E-state index in [2.05, 4.69) is 92.9 Å². The number of nitrogens with zero attached hydrogens (tertiary/aromatic N) is 4. The lowest BCUT2D eigenvalue weighted by atomic mass is 10.0. The molecule has 12 nitrogen and oxygen atoms in total. The highest BCUT2D eigenvalue weighted by atomic mass is 16.4. The molecule has 3 atom stereocenters. The van der Waals surface area contributed by atoms with Crippen molar-refractivity contribution in [3.8, 4) is 33.6 Å². The lowest BCUT2D eigenvalue weighted by Crippen LogP contribution is -2.50. The molecule has 0 radical (unpaired) electrons. The van der Waals surface area contributed by atoms with Gasteiger partial charge >= 0.3 is 6.09 Å². The number of hydrogen-bond donors (Lipinski definition) is 5. The maximum Gasteiger partial charge on any atom is 0.405 e. The minimum atomic E-state index is -1.20. The molecule has 0 aliphatic carbocycles. The number of aromatic nitrogens is 4. The lowest BCUT2D eigenvalue weighted by Gasteiger charge is -2.29. The average Bonchev–Trinajstić information content (AvgIpc) is 3.93. The summed E-state index contributed by atoms with van der Waals surface area (Å²) in [6.07, 6.45) is 5.91. The molecule has 2 aromatic heterocycles. The van der Waals surface area contributed by atoms with E-state index in [1.54, 1.807) is 11.1 Å². The van der Waals surface area contributed by atoms with E-state index in [-0.39, 0.29) is 29.8 Å². The summed E-state index contributed by atoms with van der Waals surface area (Å²) in [6, 6.07) is 15.6. The van der Waals surface area contributed by atoms with Gasteiger partial charge in [-0.1, -0.05) is 76.2 Å². The molecule has 264 valence electrons. The minimum absolute atomic E-state index is 0.0289. The SMILES string of the molecule is CC(C)CNCC(=O)N1CCC[C@H]1c1ncc(-c2ccc(-c3ccc(-c4cnc([C@@H]5CCCN5C(=O)[C@@H](NC(=O)O)C(C)C)[nH]4)cc3)cc2)[nH]1. The number of rotatable bonds is 12. The fourth-order valence-electron chi connectivity index (χ4n) is 7.05. The Balaban J connectivity index is 1.09. The van der Waals surface area contributed by atoms with Crippen LogP contribution in [0.15, 0.2) is 60.9 Å². The fourth-order valence-corrected chi connectivity index (χ4v) is 7.05. The van der Waals surface area contributed by atoms with Crippen LogP contribution in [0.5, 0.6) is 0 Å². The van der Waals surface area contributed by atoms with Crippen LogP contribution in [0.25, 0.3) is 33.6 Å². The third-order valence-electron chi connectivity index (χ3n) is 9.70. The van der Waals surface area contributed by atoms with Gasteiger partial charge in [-0.2, -0.15) is 0 Å². The fraction of sp³-hybridized carbons (Fsp3) is 0.447. The molecule has 2 saturated heterocycles. The summed E-state index contributed by atoms with van der Waals surface area (Å²) in [5.41, 5.74) is 5.95. The van der Waals surface area contributed by atoms with E-state index in [1.165, 1.54) is 0 Å². The molecule has 2 fully saturated rings. The molecule has 3 amide bonds. The van der Waals surface area contributed by atoms with Crippen LogP contribution in [0.1, 0.15) is 77.1 Å². The van der Waals surface area contributed by atoms with E-state index in [1.807, 2.05) is 24.9 Å². The maximum atomic E-state index is 13.3. The standard InChI is InChI=1S/C38H48N8O4/c1-23(2)19-39-22-33(47)45-17-5-7-31(45)35-40-20-29(42-35)27-13-9-25(10-14-27)26-11-15-28(16-12-26)30-21-41-36(43-30)32-8-6-18-46(32)37(48)34(24(3)4)44-38(49)50/h9-16,20-21,23-24,31-32,34,39,44H,5-8,17-19,22H2,1-4H3,(H,40,42)(H,41,43)(H,49,50)/t31-,32-,34-/m0/s1. The first kappa shape index (κ1) is 34.9. The summed E-state index contributed by atoms with van der Waals surface area (Å²) < 4.78 is 0. The summed E-state index contributed by atoms with van der Waals surface area (Å²) in [4.78, 5) is 57.5. The number of amides is 3. The Morgan fingerprint density at radius 2 is 1.26 bits per heavy atom. The first-order valence-corrected chi connectivity index (χ1v) is 17.7.